The van der Waals surface area contributed by atoms with E-state index in [2.05, 4.69) is 11.0 Å². The van der Waals surface area contributed by atoms with Gasteiger partial charge in [-0.1, -0.05) is 6.08 Å². The molecule has 0 aromatic heterocycles. The van der Waals surface area contributed by atoms with Gasteiger partial charge < -0.3 is 4.43 Å². The third-order valence-electron chi connectivity index (χ3n) is 0.844. The fourth-order valence-electron chi connectivity index (χ4n) is 0.349. The molecule has 0 spiro atoms. The Kier molecular flexibility index (Phi) is 4.35. The zero-order chi connectivity index (χ0) is 8.91. The first-order chi connectivity index (χ1) is 4.98. The van der Waals surface area contributed by atoms with Gasteiger partial charge >= 0.3 is 6.18 Å². The van der Waals surface area contributed by atoms with E-state index in [1.54, 1.807) is 0 Å². The van der Waals surface area contributed by atoms with Crippen molar-refractivity contribution < 1.29 is 22.0 Å². The summed E-state index contributed by atoms with van der Waals surface area (Å²) in [6.45, 7) is 3.27. The Hall–Kier alpha value is -0.363. The highest BCUT2D eigenvalue weighted by molar-refractivity contribution is 6.27. The molecule has 0 heterocycles. The van der Waals surface area contributed by atoms with Gasteiger partial charge in [-0.2, -0.15) is 13.2 Å². The average molecular weight is 188 g/mol. The van der Waals surface area contributed by atoms with Gasteiger partial charge in [0.2, 0.25) is 0 Å². The van der Waals surface area contributed by atoms with Crippen molar-refractivity contribution in [1.29, 1.82) is 0 Å². The van der Waals surface area contributed by atoms with Crippen LogP contribution in [0, 0.1) is 0 Å². The van der Waals surface area contributed by atoms with Crippen LogP contribution in [0.3, 0.4) is 0 Å². The topological polar surface area (TPSA) is 9.23 Å². The SMILES string of the molecule is C=CC[SiH2]OC(F)C(F)(F)F. The summed E-state index contributed by atoms with van der Waals surface area (Å²) in [4.78, 5) is 0. The number of hydrogen-bond donors (Lipinski definition) is 0. The lowest BCUT2D eigenvalue weighted by molar-refractivity contribution is -0.237. The van der Waals surface area contributed by atoms with E-state index in [1.807, 2.05) is 0 Å². The minimum Gasteiger partial charge on any atom is -0.389 e. The van der Waals surface area contributed by atoms with Crippen LogP contribution in [0.1, 0.15) is 0 Å². The van der Waals surface area contributed by atoms with Crippen molar-refractivity contribution in [3.8, 4) is 0 Å². The Morgan fingerprint density at radius 1 is 1.55 bits per heavy atom. The molecule has 11 heavy (non-hydrogen) atoms. The number of halogens is 4. The van der Waals surface area contributed by atoms with Crippen molar-refractivity contribution in [1.82, 2.24) is 0 Å². The number of rotatable bonds is 4. The molecule has 0 aliphatic heterocycles. The van der Waals surface area contributed by atoms with Gasteiger partial charge in [-0.3, -0.25) is 0 Å². The first-order valence-electron chi connectivity index (χ1n) is 2.91. The second kappa shape index (κ2) is 4.50. The maximum absolute atomic E-state index is 11.9. The van der Waals surface area contributed by atoms with Gasteiger partial charge in [0.05, 0.1) is 0 Å². The Labute approximate surface area is 64.0 Å². The van der Waals surface area contributed by atoms with Gasteiger partial charge in [0.1, 0.15) is 0 Å². The van der Waals surface area contributed by atoms with Crippen molar-refractivity contribution in [2.75, 3.05) is 0 Å². The number of hydrogen-bond acceptors (Lipinski definition) is 1. The lowest BCUT2D eigenvalue weighted by atomic mass is 10.7. The molecule has 0 aromatic rings. The van der Waals surface area contributed by atoms with E-state index in [1.165, 1.54) is 6.08 Å². The van der Waals surface area contributed by atoms with Crippen molar-refractivity contribution in [3.63, 3.8) is 0 Å². The van der Waals surface area contributed by atoms with E-state index in [0.717, 1.165) is 0 Å². The van der Waals surface area contributed by atoms with E-state index in [-0.39, 0.29) is 0 Å². The third kappa shape index (κ3) is 4.97. The standard InChI is InChI=1S/C5H8F4OSi/c1-2-3-11-10-4(6)5(7,8)9/h2,4H,1,3,11H2. The summed E-state index contributed by atoms with van der Waals surface area (Å²) in [6.07, 6.45) is -6.59. The zero-order valence-electron chi connectivity index (χ0n) is 5.70. The number of allylic oxidation sites excluding steroid dienone is 1. The van der Waals surface area contributed by atoms with Crippen molar-refractivity contribution >= 4 is 9.76 Å². The molecule has 0 N–H and O–H groups in total. The molecule has 1 nitrogen and oxygen atoms in total. The summed E-state index contributed by atoms with van der Waals surface area (Å²) in [5, 5.41) is 0. The fourth-order valence-corrected chi connectivity index (χ4v) is 1.05. The smallest absolute Gasteiger partial charge is 0.389 e. The van der Waals surface area contributed by atoms with Crippen molar-refractivity contribution in [3.05, 3.63) is 12.7 Å². The van der Waals surface area contributed by atoms with Crippen molar-refractivity contribution in [2.45, 2.75) is 18.6 Å². The van der Waals surface area contributed by atoms with Gasteiger partial charge in [0.25, 0.3) is 6.36 Å². The molecule has 0 fully saturated rings. The Balaban J connectivity index is 3.52. The van der Waals surface area contributed by atoms with Gasteiger partial charge in [-0.25, -0.2) is 4.39 Å². The molecule has 6 heteroatoms. The van der Waals surface area contributed by atoms with E-state index in [4.69, 9.17) is 0 Å². The monoisotopic (exact) mass is 188 g/mol. The molecule has 1 unspecified atom stereocenters. The molecule has 0 saturated carbocycles. The molecular formula is C5H8F4OSi. The Morgan fingerprint density at radius 2 is 2.09 bits per heavy atom. The minimum absolute atomic E-state index is 0.344. The van der Waals surface area contributed by atoms with Crippen LogP contribution in [0.15, 0.2) is 12.7 Å². The summed E-state index contributed by atoms with van der Waals surface area (Å²) < 4.78 is 49.9. The first kappa shape index (κ1) is 10.6. The normalized spacial score (nSPS) is 15.6. The predicted octanol–water partition coefficient (Wildman–Crippen LogP) is 1.55. The first-order valence-corrected chi connectivity index (χ1v) is 4.49. The largest absolute Gasteiger partial charge is 0.444 e. The molecule has 0 aliphatic carbocycles. The average Bonchev–Trinajstić information content (AvgIpc) is 1.86. The van der Waals surface area contributed by atoms with E-state index in [9.17, 15) is 17.6 Å². The molecule has 0 aromatic carbocycles. The molecule has 66 valence electrons. The summed E-state index contributed by atoms with van der Waals surface area (Å²) in [7, 11) is -1.43. The van der Waals surface area contributed by atoms with Crippen LogP contribution < -0.4 is 0 Å². The minimum atomic E-state index is -4.88. The lowest BCUT2D eigenvalue weighted by Crippen LogP contribution is -2.28. The Bertz CT molecular complexity index is 124. The van der Waals surface area contributed by atoms with Crippen LogP contribution in [-0.2, 0) is 4.43 Å². The molecular weight excluding hydrogens is 180 g/mol. The van der Waals surface area contributed by atoms with Crippen LogP contribution in [0.2, 0.25) is 6.04 Å². The molecule has 0 bridgehead atoms. The summed E-state index contributed by atoms with van der Waals surface area (Å²) >= 11 is 0. The Morgan fingerprint density at radius 3 is 2.45 bits per heavy atom. The van der Waals surface area contributed by atoms with Crippen LogP contribution in [0.5, 0.6) is 0 Å². The summed E-state index contributed by atoms with van der Waals surface area (Å²) in [5.74, 6) is 0. The third-order valence-corrected chi connectivity index (χ3v) is 2.02. The van der Waals surface area contributed by atoms with Gasteiger partial charge in [0.15, 0.2) is 9.76 Å². The maximum Gasteiger partial charge on any atom is 0.444 e. The van der Waals surface area contributed by atoms with Crippen LogP contribution in [0.25, 0.3) is 0 Å². The second-order valence-corrected chi connectivity index (χ2v) is 3.12. The van der Waals surface area contributed by atoms with Crippen molar-refractivity contribution in [2.24, 2.45) is 0 Å². The van der Waals surface area contributed by atoms with E-state index >= 15 is 0 Å². The van der Waals surface area contributed by atoms with E-state index < -0.39 is 22.3 Å². The van der Waals surface area contributed by atoms with Crippen LogP contribution in [0.4, 0.5) is 17.6 Å². The second-order valence-electron chi connectivity index (χ2n) is 1.81. The quantitative estimate of drug-likeness (QED) is 0.281. The molecule has 0 aliphatic rings. The lowest BCUT2D eigenvalue weighted by Gasteiger charge is -2.11. The van der Waals surface area contributed by atoms with Gasteiger partial charge in [-0.05, 0) is 6.04 Å². The molecule has 1 atom stereocenters. The predicted molar refractivity (Wildman–Crippen MR) is 35.6 cm³/mol. The highest BCUT2D eigenvalue weighted by Crippen LogP contribution is 2.23. The molecule has 0 radical (unpaired) electrons. The van der Waals surface area contributed by atoms with Crippen LogP contribution >= 0.6 is 0 Å². The molecule has 0 rings (SSSR count). The summed E-state index contributed by atoms with van der Waals surface area (Å²) in [6, 6.07) is 0.344. The fraction of sp³-hybridized carbons (Fsp3) is 0.600. The van der Waals surface area contributed by atoms with Crippen LogP contribution in [-0.4, -0.2) is 22.3 Å². The number of alkyl halides is 4. The van der Waals surface area contributed by atoms with Gasteiger partial charge in [0, 0.05) is 0 Å². The molecule has 0 saturated heterocycles. The maximum atomic E-state index is 11.9. The zero-order valence-corrected chi connectivity index (χ0v) is 7.11. The van der Waals surface area contributed by atoms with E-state index in [0.29, 0.717) is 6.04 Å². The highest BCUT2D eigenvalue weighted by Gasteiger charge is 2.40. The highest BCUT2D eigenvalue weighted by atomic mass is 28.2. The summed E-state index contributed by atoms with van der Waals surface area (Å²) in [5.41, 5.74) is 0. The molecule has 0 amide bonds. The van der Waals surface area contributed by atoms with Gasteiger partial charge in [-0.15, -0.1) is 6.58 Å².